The van der Waals surface area contributed by atoms with Crippen LogP contribution in [0.2, 0.25) is 5.02 Å². The van der Waals surface area contributed by atoms with Gasteiger partial charge >= 0.3 is 0 Å². The molecule has 20 heavy (non-hydrogen) atoms. The van der Waals surface area contributed by atoms with E-state index in [2.05, 4.69) is 15.9 Å². The van der Waals surface area contributed by atoms with Gasteiger partial charge in [0.25, 0.3) is 0 Å². The molecule has 0 radical (unpaired) electrons. The minimum absolute atomic E-state index is 0.370. The van der Waals surface area contributed by atoms with Gasteiger partial charge in [-0.15, -0.1) is 0 Å². The van der Waals surface area contributed by atoms with Crippen molar-refractivity contribution < 1.29 is 9.13 Å². The highest BCUT2D eigenvalue weighted by atomic mass is 79.9. The van der Waals surface area contributed by atoms with Crippen molar-refractivity contribution in [3.63, 3.8) is 0 Å². The Morgan fingerprint density at radius 1 is 1.20 bits per heavy atom. The Balaban J connectivity index is 2.62. The number of halogens is 3. The van der Waals surface area contributed by atoms with Crippen molar-refractivity contribution >= 4 is 27.5 Å². The molecule has 0 spiro atoms. The van der Waals surface area contributed by atoms with Gasteiger partial charge in [0.05, 0.1) is 12.6 Å². The molecule has 2 N–H and O–H groups in total. The maximum atomic E-state index is 13.5. The zero-order valence-corrected chi connectivity index (χ0v) is 13.4. The quantitative estimate of drug-likeness (QED) is 0.878. The van der Waals surface area contributed by atoms with E-state index in [1.165, 1.54) is 19.2 Å². The molecule has 2 nitrogen and oxygen atoms in total. The fourth-order valence-corrected chi connectivity index (χ4v) is 3.01. The predicted octanol–water partition coefficient (Wildman–Crippen LogP) is 4.47. The van der Waals surface area contributed by atoms with Gasteiger partial charge in [-0.25, -0.2) is 4.39 Å². The van der Waals surface area contributed by atoms with E-state index in [1.54, 1.807) is 19.1 Å². The van der Waals surface area contributed by atoms with E-state index in [1.807, 2.05) is 12.1 Å². The summed E-state index contributed by atoms with van der Waals surface area (Å²) in [5.41, 5.74) is 6.69. The molecule has 0 bridgehead atoms. The molecule has 0 fully saturated rings. The van der Waals surface area contributed by atoms with Gasteiger partial charge in [-0.3, -0.25) is 0 Å². The Bertz CT molecular complexity index is 646. The van der Waals surface area contributed by atoms with E-state index in [4.69, 9.17) is 22.1 Å². The standard InChI is InChI=1S/C15H14BrClFNO/c1-15(19,11-5-3-9(16)7-13(11)17)12-8-10(18)4-6-14(12)20-2/h3-8H,19H2,1-2H3. The minimum atomic E-state index is -0.967. The average Bonchev–Trinajstić information content (AvgIpc) is 2.38. The predicted molar refractivity (Wildman–Crippen MR) is 82.7 cm³/mol. The first-order valence-corrected chi connectivity index (χ1v) is 7.12. The minimum Gasteiger partial charge on any atom is -0.496 e. The molecule has 0 aromatic heterocycles. The lowest BCUT2D eigenvalue weighted by atomic mass is 9.85. The van der Waals surface area contributed by atoms with Gasteiger partial charge in [0.15, 0.2) is 0 Å². The average molecular weight is 359 g/mol. The lowest BCUT2D eigenvalue weighted by Gasteiger charge is -2.28. The molecule has 1 atom stereocenters. The molecule has 1 unspecified atom stereocenters. The van der Waals surface area contributed by atoms with Crippen LogP contribution in [0.1, 0.15) is 18.1 Å². The van der Waals surface area contributed by atoms with Crippen LogP contribution in [0.15, 0.2) is 40.9 Å². The fraction of sp³-hybridized carbons (Fsp3) is 0.200. The second kappa shape index (κ2) is 5.72. The Morgan fingerprint density at radius 3 is 2.50 bits per heavy atom. The summed E-state index contributed by atoms with van der Waals surface area (Å²) in [4.78, 5) is 0. The van der Waals surface area contributed by atoms with Crippen molar-refractivity contribution in [2.24, 2.45) is 5.73 Å². The van der Waals surface area contributed by atoms with Gasteiger partial charge in [0.2, 0.25) is 0 Å². The van der Waals surface area contributed by atoms with E-state index < -0.39 is 5.54 Å². The second-order valence-corrected chi connectivity index (χ2v) is 5.99. The Hall–Kier alpha value is -1.10. The first kappa shape index (κ1) is 15.3. The summed E-state index contributed by atoms with van der Waals surface area (Å²) in [6.45, 7) is 1.78. The third-order valence-electron chi connectivity index (χ3n) is 3.21. The summed E-state index contributed by atoms with van der Waals surface area (Å²) in [6.07, 6.45) is 0. The number of nitrogens with two attached hydrogens (primary N) is 1. The molecule has 0 aliphatic rings. The highest BCUT2D eigenvalue weighted by Crippen LogP contribution is 2.37. The molecule has 0 heterocycles. The van der Waals surface area contributed by atoms with Crippen molar-refractivity contribution in [3.05, 3.63) is 62.8 Å². The first-order valence-electron chi connectivity index (χ1n) is 5.94. The van der Waals surface area contributed by atoms with Crippen LogP contribution < -0.4 is 10.5 Å². The van der Waals surface area contributed by atoms with E-state index in [0.29, 0.717) is 21.9 Å². The molecule has 0 saturated carbocycles. The van der Waals surface area contributed by atoms with Crippen LogP contribution in [0.4, 0.5) is 4.39 Å². The Kier molecular flexibility index (Phi) is 4.37. The Labute approximate surface area is 130 Å². The van der Waals surface area contributed by atoms with Crippen LogP contribution in [-0.4, -0.2) is 7.11 Å². The molecular formula is C15H14BrClFNO. The van der Waals surface area contributed by atoms with E-state index in [9.17, 15) is 4.39 Å². The molecule has 0 amide bonds. The third kappa shape index (κ3) is 2.82. The van der Waals surface area contributed by atoms with E-state index >= 15 is 0 Å². The zero-order chi connectivity index (χ0) is 14.9. The molecular weight excluding hydrogens is 345 g/mol. The summed E-state index contributed by atoms with van der Waals surface area (Å²) in [5.74, 6) is 0.154. The van der Waals surface area contributed by atoms with Gasteiger partial charge in [-0.1, -0.05) is 33.6 Å². The summed E-state index contributed by atoms with van der Waals surface area (Å²) >= 11 is 9.60. The molecule has 0 aliphatic carbocycles. The topological polar surface area (TPSA) is 35.2 Å². The van der Waals surface area contributed by atoms with Gasteiger partial charge in [-0.2, -0.15) is 0 Å². The third-order valence-corrected chi connectivity index (χ3v) is 4.02. The van der Waals surface area contributed by atoms with Crippen LogP contribution in [0.3, 0.4) is 0 Å². The van der Waals surface area contributed by atoms with E-state index in [0.717, 1.165) is 4.47 Å². The summed E-state index contributed by atoms with van der Waals surface area (Å²) in [7, 11) is 1.52. The summed E-state index contributed by atoms with van der Waals surface area (Å²) in [5, 5.41) is 0.510. The molecule has 0 saturated heterocycles. The van der Waals surface area contributed by atoms with Crippen molar-refractivity contribution in [1.29, 1.82) is 0 Å². The normalized spacial score (nSPS) is 13.9. The fourth-order valence-electron chi connectivity index (χ4n) is 2.14. The van der Waals surface area contributed by atoms with E-state index in [-0.39, 0.29) is 5.82 Å². The number of rotatable bonds is 3. The van der Waals surface area contributed by atoms with Crippen LogP contribution in [0.25, 0.3) is 0 Å². The molecule has 0 aliphatic heterocycles. The molecule has 2 aromatic carbocycles. The maximum Gasteiger partial charge on any atom is 0.124 e. The molecule has 5 heteroatoms. The van der Waals surface area contributed by atoms with Crippen molar-refractivity contribution in [2.45, 2.75) is 12.5 Å². The number of methoxy groups -OCH3 is 1. The van der Waals surface area contributed by atoms with Crippen molar-refractivity contribution in [1.82, 2.24) is 0 Å². The number of benzene rings is 2. The first-order chi connectivity index (χ1) is 9.36. The largest absolute Gasteiger partial charge is 0.496 e. The van der Waals surface area contributed by atoms with Crippen molar-refractivity contribution in [2.75, 3.05) is 7.11 Å². The van der Waals surface area contributed by atoms with Gasteiger partial charge in [0, 0.05) is 15.1 Å². The second-order valence-electron chi connectivity index (χ2n) is 4.67. The summed E-state index contributed by atoms with van der Waals surface area (Å²) < 4.78 is 19.7. The lowest BCUT2D eigenvalue weighted by molar-refractivity contribution is 0.397. The van der Waals surface area contributed by atoms with Crippen LogP contribution in [0, 0.1) is 5.82 Å². The molecule has 2 aromatic rings. The Morgan fingerprint density at radius 2 is 1.90 bits per heavy atom. The number of hydrogen-bond acceptors (Lipinski definition) is 2. The number of ether oxygens (including phenoxy) is 1. The zero-order valence-electron chi connectivity index (χ0n) is 11.1. The smallest absolute Gasteiger partial charge is 0.124 e. The monoisotopic (exact) mass is 357 g/mol. The highest BCUT2D eigenvalue weighted by Gasteiger charge is 2.30. The SMILES string of the molecule is COc1ccc(F)cc1C(C)(N)c1ccc(Br)cc1Cl. The highest BCUT2D eigenvalue weighted by molar-refractivity contribution is 9.10. The van der Waals surface area contributed by atoms with Crippen LogP contribution in [-0.2, 0) is 5.54 Å². The number of hydrogen-bond donors (Lipinski definition) is 1. The van der Waals surface area contributed by atoms with Crippen LogP contribution >= 0.6 is 27.5 Å². The summed E-state index contributed by atoms with van der Waals surface area (Å²) in [6, 6.07) is 9.68. The lowest BCUT2D eigenvalue weighted by Crippen LogP contribution is -2.35. The molecule has 2 rings (SSSR count). The maximum absolute atomic E-state index is 13.5. The van der Waals surface area contributed by atoms with Crippen molar-refractivity contribution in [3.8, 4) is 5.75 Å². The van der Waals surface area contributed by atoms with Gasteiger partial charge < -0.3 is 10.5 Å². The van der Waals surface area contributed by atoms with Gasteiger partial charge in [-0.05, 0) is 42.8 Å². The molecule has 106 valence electrons. The van der Waals surface area contributed by atoms with Crippen LogP contribution in [0.5, 0.6) is 5.75 Å². The van der Waals surface area contributed by atoms with Gasteiger partial charge in [0.1, 0.15) is 11.6 Å².